The number of hydrogen-bond donors (Lipinski definition) is 1. The van der Waals surface area contributed by atoms with Crippen LogP contribution in [0.5, 0.6) is 0 Å². The molecule has 0 fully saturated rings. The zero-order valence-electron chi connectivity index (χ0n) is 14.9. The molecule has 2 amide bonds. The molecule has 0 unspecified atom stereocenters. The Kier molecular flexibility index (Phi) is 5.59. The molecule has 1 N–H and O–H groups in total. The van der Waals surface area contributed by atoms with Gasteiger partial charge in [-0.1, -0.05) is 59.7 Å². The Balaban J connectivity index is 1.94. The Morgan fingerprint density at radius 1 is 0.885 bits per heavy atom. The predicted octanol–water partition coefficient (Wildman–Crippen LogP) is 3.31. The summed E-state index contributed by atoms with van der Waals surface area (Å²) < 4.78 is 0. The Morgan fingerprint density at radius 2 is 1.46 bits per heavy atom. The Labute approximate surface area is 157 Å². The minimum Gasteiger partial charge on any atom is -0.396 e. The van der Waals surface area contributed by atoms with E-state index in [1.807, 2.05) is 62.4 Å². The highest BCUT2D eigenvalue weighted by Crippen LogP contribution is 2.36. The molecule has 3 rings (SSSR count). The van der Waals surface area contributed by atoms with Crippen LogP contribution in [-0.2, 0) is 16.1 Å². The number of benzene rings is 2. The summed E-state index contributed by atoms with van der Waals surface area (Å²) in [5.41, 5.74) is 4.30. The lowest BCUT2D eigenvalue weighted by Crippen LogP contribution is -2.31. The number of imide groups is 1. The van der Waals surface area contributed by atoms with Crippen molar-refractivity contribution in [2.45, 2.75) is 20.4 Å². The van der Waals surface area contributed by atoms with E-state index < -0.39 is 0 Å². The maximum atomic E-state index is 13.0. The Morgan fingerprint density at radius 3 is 2.04 bits per heavy atom. The molecular formula is C21H21NO3S. The van der Waals surface area contributed by atoms with Crippen molar-refractivity contribution in [2.75, 3.05) is 12.4 Å². The number of aryl methyl sites for hydroxylation is 2. The standard InChI is InChI=1S/C21H21NO3S/c1-14-3-7-16(8-4-14)13-22-20(24)18(17-9-5-15(2)6-10-17)19(21(22)25)26-12-11-23/h3-10,23H,11-13H2,1-2H3. The van der Waals surface area contributed by atoms with Gasteiger partial charge in [-0.15, -0.1) is 11.8 Å². The van der Waals surface area contributed by atoms with Crippen molar-refractivity contribution >= 4 is 29.1 Å². The van der Waals surface area contributed by atoms with Crippen molar-refractivity contribution in [2.24, 2.45) is 0 Å². The molecule has 0 saturated heterocycles. The molecule has 2 aromatic rings. The molecule has 0 aromatic heterocycles. The lowest BCUT2D eigenvalue weighted by molar-refractivity contribution is -0.137. The van der Waals surface area contributed by atoms with Crippen molar-refractivity contribution in [1.82, 2.24) is 4.90 Å². The van der Waals surface area contributed by atoms with E-state index in [1.165, 1.54) is 16.7 Å². The van der Waals surface area contributed by atoms with E-state index in [9.17, 15) is 9.59 Å². The topological polar surface area (TPSA) is 57.6 Å². The number of carbonyl (C=O) groups is 2. The van der Waals surface area contributed by atoms with Crippen molar-refractivity contribution < 1.29 is 14.7 Å². The molecule has 134 valence electrons. The number of hydrogen-bond acceptors (Lipinski definition) is 4. The van der Waals surface area contributed by atoms with Crippen molar-refractivity contribution in [3.63, 3.8) is 0 Å². The Bertz CT molecular complexity index is 854. The first-order valence-electron chi connectivity index (χ1n) is 8.48. The van der Waals surface area contributed by atoms with Gasteiger partial charge in [0.1, 0.15) is 0 Å². The van der Waals surface area contributed by atoms with E-state index in [-0.39, 0.29) is 25.0 Å². The monoisotopic (exact) mass is 367 g/mol. The highest BCUT2D eigenvalue weighted by molar-refractivity contribution is 8.04. The van der Waals surface area contributed by atoms with E-state index >= 15 is 0 Å². The lowest BCUT2D eigenvalue weighted by atomic mass is 10.0. The van der Waals surface area contributed by atoms with Gasteiger partial charge in [-0.3, -0.25) is 14.5 Å². The Hall–Kier alpha value is -2.37. The smallest absolute Gasteiger partial charge is 0.268 e. The predicted molar refractivity (Wildman–Crippen MR) is 104 cm³/mol. The highest BCUT2D eigenvalue weighted by Gasteiger charge is 2.38. The van der Waals surface area contributed by atoms with Crippen LogP contribution >= 0.6 is 11.8 Å². The van der Waals surface area contributed by atoms with Crippen LogP contribution in [0.3, 0.4) is 0 Å². The fourth-order valence-electron chi connectivity index (χ4n) is 2.83. The first-order chi connectivity index (χ1) is 12.5. The average Bonchev–Trinajstić information content (AvgIpc) is 2.87. The molecule has 1 heterocycles. The molecular weight excluding hydrogens is 346 g/mol. The molecule has 1 aliphatic heterocycles. The maximum absolute atomic E-state index is 13.0. The average molecular weight is 367 g/mol. The second kappa shape index (κ2) is 7.89. The number of thioether (sulfide) groups is 1. The summed E-state index contributed by atoms with van der Waals surface area (Å²) in [5.74, 6) is -0.188. The summed E-state index contributed by atoms with van der Waals surface area (Å²) >= 11 is 1.24. The van der Waals surface area contributed by atoms with Crippen LogP contribution in [0.4, 0.5) is 0 Å². The van der Waals surface area contributed by atoms with Gasteiger partial charge in [0.2, 0.25) is 0 Å². The number of aliphatic hydroxyl groups is 1. The molecule has 4 nitrogen and oxygen atoms in total. The van der Waals surface area contributed by atoms with E-state index in [2.05, 4.69) is 0 Å². The highest BCUT2D eigenvalue weighted by atomic mass is 32.2. The van der Waals surface area contributed by atoms with Gasteiger partial charge in [0.15, 0.2) is 0 Å². The first kappa shape index (κ1) is 18.4. The van der Waals surface area contributed by atoms with Gasteiger partial charge in [0.25, 0.3) is 11.8 Å². The van der Waals surface area contributed by atoms with Gasteiger partial charge in [0.05, 0.1) is 23.6 Å². The van der Waals surface area contributed by atoms with Crippen molar-refractivity contribution in [3.05, 3.63) is 75.7 Å². The zero-order chi connectivity index (χ0) is 18.7. The number of rotatable bonds is 6. The molecule has 0 saturated carbocycles. The molecule has 0 bridgehead atoms. The van der Waals surface area contributed by atoms with Crippen LogP contribution < -0.4 is 0 Å². The number of carbonyl (C=O) groups excluding carboxylic acids is 2. The molecule has 0 aliphatic carbocycles. The normalized spacial score (nSPS) is 14.5. The lowest BCUT2D eigenvalue weighted by Gasteiger charge is -2.15. The van der Waals surface area contributed by atoms with E-state index in [0.29, 0.717) is 16.2 Å². The van der Waals surface area contributed by atoms with E-state index in [4.69, 9.17) is 5.11 Å². The first-order valence-corrected chi connectivity index (χ1v) is 9.46. The second-order valence-corrected chi connectivity index (χ2v) is 7.43. The number of aliphatic hydroxyl groups excluding tert-OH is 1. The summed E-state index contributed by atoms with van der Waals surface area (Å²) in [6.07, 6.45) is 0. The van der Waals surface area contributed by atoms with Crippen LogP contribution in [0.25, 0.3) is 5.57 Å². The van der Waals surface area contributed by atoms with Crippen molar-refractivity contribution in [3.8, 4) is 0 Å². The SMILES string of the molecule is Cc1ccc(CN2C(=O)C(SCCO)=C(c3ccc(C)cc3)C2=O)cc1. The fourth-order valence-corrected chi connectivity index (χ4v) is 3.71. The number of amides is 2. The summed E-state index contributed by atoms with van der Waals surface area (Å²) in [5, 5.41) is 9.15. The van der Waals surface area contributed by atoms with Gasteiger partial charge >= 0.3 is 0 Å². The minimum atomic E-state index is -0.287. The van der Waals surface area contributed by atoms with E-state index in [1.54, 1.807) is 0 Å². The van der Waals surface area contributed by atoms with Gasteiger partial charge in [0, 0.05) is 5.75 Å². The summed E-state index contributed by atoms with van der Waals surface area (Å²) in [6, 6.07) is 15.4. The van der Waals surface area contributed by atoms with Gasteiger partial charge < -0.3 is 5.11 Å². The van der Waals surface area contributed by atoms with Gasteiger partial charge in [-0.25, -0.2) is 0 Å². The van der Waals surface area contributed by atoms with Gasteiger partial charge in [-0.05, 0) is 25.0 Å². The molecule has 0 atom stereocenters. The summed E-state index contributed by atoms with van der Waals surface area (Å²) in [6.45, 7) is 4.17. The zero-order valence-corrected chi connectivity index (χ0v) is 15.7. The van der Waals surface area contributed by atoms with E-state index in [0.717, 1.165) is 22.3 Å². The minimum absolute atomic E-state index is 0.0468. The van der Waals surface area contributed by atoms with Crippen LogP contribution in [0.1, 0.15) is 22.3 Å². The summed E-state index contributed by atoms with van der Waals surface area (Å²) in [7, 11) is 0. The molecule has 1 aliphatic rings. The van der Waals surface area contributed by atoms with Gasteiger partial charge in [-0.2, -0.15) is 0 Å². The molecule has 5 heteroatoms. The molecule has 0 spiro atoms. The van der Waals surface area contributed by atoms with Crippen LogP contribution in [0.15, 0.2) is 53.4 Å². The fraction of sp³-hybridized carbons (Fsp3) is 0.238. The third kappa shape index (κ3) is 3.74. The van der Waals surface area contributed by atoms with Crippen LogP contribution in [-0.4, -0.2) is 34.2 Å². The molecule has 0 radical (unpaired) electrons. The maximum Gasteiger partial charge on any atom is 0.268 e. The second-order valence-electron chi connectivity index (χ2n) is 6.32. The third-order valence-electron chi connectivity index (χ3n) is 4.26. The van der Waals surface area contributed by atoms with Crippen LogP contribution in [0.2, 0.25) is 0 Å². The number of nitrogens with zero attached hydrogens (tertiary/aromatic N) is 1. The largest absolute Gasteiger partial charge is 0.396 e. The molecule has 26 heavy (non-hydrogen) atoms. The molecule has 2 aromatic carbocycles. The summed E-state index contributed by atoms with van der Waals surface area (Å²) in [4.78, 5) is 27.6. The van der Waals surface area contributed by atoms with Crippen molar-refractivity contribution in [1.29, 1.82) is 0 Å². The van der Waals surface area contributed by atoms with Crippen LogP contribution in [0, 0.1) is 13.8 Å². The third-order valence-corrected chi connectivity index (χ3v) is 5.32. The quantitative estimate of drug-likeness (QED) is 0.796.